The highest BCUT2D eigenvalue weighted by Gasteiger charge is 2.13. The summed E-state index contributed by atoms with van der Waals surface area (Å²) in [5, 5.41) is 0.310. The topological polar surface area (TPSA) is 30.2 Å². The van der Waals surface area contributed by atoms with Crippen LogP contribution in [0.2, 0.25) is 6.32 Å². The van der Waals surface area contributed by atoms with Crippen LogP contribution >= 0.6 is 0 Å². The first-order valence-corrected chi connectivity index (χ1v) is 4.13. The number of benzene rings is 1. The van der Waals surface area contributed by atoms with Crippen molar-refractivity contribution < 1.29 is 13.6 Å². The van der Waals surface area contributed by atoms with E-state index in [0.29, 0.717) is 11.0 Å². The molecular weight excluding hydrogens is 182 g/mol. The van der Waals surface area contributed by atoms with Gasteiger partial charge in [-0.3, -0.25) is 4.79 Å². The van der Waals surface area contributed by atoms with Gasteiger partial charge in [-0.05, 0) is 24.5 Å². The van der Waals surface area contributed by atoms with E-state index >= 15 is 0 Å². The standard InChI is InChI=1S/C10H6BFO2/c11-5-8(13)6-1-2-9-7(10(6)12)3-4-14-9/h1-4H,5H2. The molecule has 0 aliphatic heterocycles. The summed E-state index contributed by atoms with van der Waals surface area (Å²) in [6.45, 7) is 0. The average Bonchev–Trinajstić information content (AvgIpc) is 2.66. The Balaban J connectivity index is 2.67. The van der Waals surface area contributed by atoms with E-state index in [1.165, 1.54) is 18.4 Å². The van der Waals surface area contributed by atoms with Crippen LogP contribution in [0.25, 0.3) is 11.0 Å². The second-order valence-electron chi connectivity index (χ2n) is 2.89. The number of hydrogen-bond donors (Lipinski definition) is 0. The maximum Gasteiger partial charge on any atom is 0.157 e. The van der Waals surface area contributed by atoms with E-state index in [4.69, 9.17) is 12.3 Å². The minimum Gasteiger partial charge on any atom is -0.464 e. The fourth-order valence-electron chi connectivity index (χ4n) is 1.33. The predicted octanol–water partition coefficient (Wildman–Crippen LogP) is 2.34. The fraction of sp³-hybridized carbons (Fsp3) is 0.100. The second-order valence-corrected chi connectivity index (χ2v) is 2.89. The lowest BCUT2D eigenvalue weighted by Gasteiger charge is -2.00. The van der Waals surface area contributed by atoms with Crippen molar-refractivity contribution in [3.63, 3.8) is 0 Å². The van der Waals surface area contributed by atoms with Crippen molar-refractivity contribution in [2.24, 2.45) is 0 Å². The third kappa shape index (κ3) is 1.23. The zero-order valence-electron chi connectivity index (χ0n) is 7.29. The van der Waals surface area contributed by atoms with Crippen LogP contribution in [0.5, 0.6) is 0 Å². The molecule has 2 nitrogen and oxygen atoms in total. The molecule has 2 radical (unpaired) electrons. The van der Waals surface area contributed by atoms with Gasteiger partial charge in [0.15, 0.2) is 5.78 Å². The third-order valence-corrected chi connectivity index (χ3v) is 2.06. The maximum absolute atomic E-state index is 13.6. The Morgan fingerprint density at radius 2 is 2.21 bits per heavy atom. The first kappa shape index (κ1) is 9.00. The van der Waals surface area contributed by atoms with Gasteiger partial charge in [0.25, 0.3) is 0 Å². The highest BCUT2D eigenvalue weighted by atomic mass is 19.1. The van der Waals surface area contributed by atoms with Gasteiger partial charge in [-0.1, -0.05) is 0 Å². The molecule has 0 unspecified atom stereocenters. The number of ketones is 1. The van der Waals surface area contributed by atoms with Crippen molar-refractivity contribution in [3.05, 3.63) is 35.8 Å². The summed E-state index contributed by atoms with van der Waals surface area (Å²) in [4.78, 5) is 11.2. The van der Waals surface area contributed by atoms with Crippen LogP contribution in [0.3, 0.4) is 0 Å². The number of fused-ring (bicyclic) bond motifs is 1. The Bertz CT molecular complexity index is 490. The normalized spacial score (nSPS) is 10.6. The Hall–Kier alpha value is -1.58. The van der Waals surface area contributed by atoms with Crippen LogP contribution < -0.4 is 0 Å². The van der Waals surface area contributed by atoms with Crippen molar-refractivity contribution in [2.45, 2.75) is 6.32 Å². The first-order valence-electron chi connectivity index (χ1n) is 4.13. The van der Waals surface area contributed by atoms with Crippen LogP contribution in [-0.4, -0.2) is 13.6 Å². The van der Waals surface area contributed by atoms with E-state index < -0.39 is 11.6 Å². The first-order chi connectivity index (χ1) is 6.74. The second kappa shape index (κ2) is 3.29. The van der Waals surface area contributed by atoms with Gasteiger partial charge < -0.3 is 4.42 Å². The Morgan fingerprint density at radius 3 is 2.93 bits per heavy atom. The van der Waals surface area contributed by atoms with E-state index in [9.17, 15) is 9.18 Å². The van der Waals surface area contributed by atoms with Gasteiger partial charge >= 0.3 is 0 Å². The van der Waals surface area contributed by atoms with Crippen molar-refractivity contribution in [3.8, 4) is 0 Å². The van der Waals surface area contributed by atoms with E-state index in [1.807, 2.05) is 0 Å². The number of hydrogen-bond acceptors (Lipinski definition) is 2. The predicted molar refractivity (Wildman–Crippen MR) is 51.1 cm³/mol. The summed E-state index contributed by atoms with van der Waals surface area (Å²) in [5.41, 5.74) is 0.442. The van der Waals surface area contributed by atoms with Crippen LogP contribution in [0.4, 0.5) is 4.39 Å². The average molecular weight is 188 g/mol. The SMILES string of the molecule is [B]CC(=O)c1ccc2occc2c1F. The minimum atomic E-state index is -0.563. The maximum atomic E-state index is 13.6. The Labute approximate surface area is 81.1 Å². The quantitative estimate of drug-likeness (QED) is 0.534. The number of Topliss-reactive ketones (excluding diaryl/α,β-unsaturated/α-hetero) is 1. The number of furan rings is 1. The summed E-state index contributed by atoms with van der Waals surface area (Å²) in [7, 11) is 5.15. The molecule has 2 aromatic rings. The van der Waals surface area contributed by atoms with Gasteiger partial charge in [0.1, 0.15) is 11.4 Å². The number of carbonyl (C=O) groups excluding carboxylic acids is 1. The smallest absolute Gasteiger partial charge is 0.157 e. The summed E-state index contributed by atoms with van der Waals surface area (Å²) < 4.78 is 18.6. The summed E-state index contributed by atoms with van der Waals surface area (Å²) in [5.74, 6) is -0.975. The lowest BCUT2D eigenvalue weighted by Crippen LogP contribution is -2.01. The molecule has 4 heteroatoms. The molecule has 0 bridgehead atoms. The lowest BCUT2D eigenvalue weighted by atomic mass is 9.95. The molecule has 0 atom stereocenters. The third-order valence-electron chi connectivity index (χ3n) is 2.06. The molecule has 1 heterocycles. The van der Waals surface area contributed by atoms with Gasteiger partial charge in [0.2, 0.25) is 0 Å². The molecule has 0 N–H and O–H groups in total. The van der Waals surface area contributed by atoms with Crippen molar-refractivity contribution in [1.29, 1.82) is 0 Å². The molecule has 0 aliphatic rings. The van der Waals surface area contributed by atoms with Crippen molar-refractivity contribution in [1.82, 2.24) is 0 Å². The molecule has 1 aromatic carbocycles. The molecule has 14 heavy (non-hydrogen) atoms. The molecular formula is C10H6BFO2. The number of halogens is 1. The molecule has 0 fully saturated rings. The molecule has 0 amide bonds. The Morgan fingerprint density at radius 1 is 1.43 bits per heavy atom. The lowest BCUT2D eigenvalue weighted by molar-refractivity contribution is 0.101. The molecule has 0 spiro atoms. The minimum absolute atomic E-state index is 0.0152. The van der Waals surface area contributed by atoms with E-state index in [1.54, 1.807) is 6.07 Å². The van der Waals surface area contributed by atoms with Crippen LogP contribution in [0, 0.1) is 5.82 Å². The van der Waals surface area contributed by atoms with Gasteiger partial charge in [-0.15, -0.1) is 0 Å². The van der Waals surface area contributed by atoms with Crippen molar-refractivity contribution >= 4 is 24.6 Å². The van der Waals surface area contributed by atoms with Crippen LogP contribution in [-0.2, 0) is 0 Å². The van der Waals surface area contributed by atoms with Gasteiger partial charge in [0.05, 0.1) is 25.1 Å². The van der Waals surface area contributed by atoms with Gasteiger partial charge in [-0.25, -0.2) is 4.39 Å². The van der Waals surface area contributed by atoms with Gasteiger partial charge in [0, 0.05) is 0 Å². The van der Waals surface area contributed by atoms with Crippen molar-refractivity contribution in [2.75, 3.05) is 0 Å². The summed E-state index contributed by atoms with van der Waals surface area (Å²) >= 11 is 0. The van der Waals surface area contributed by atoms with Crippen LogP contribution in [0.1, 0.15) is 10.4 Å². The summed E-state index contributed by atoms with van der Waals surface area (Å²) in [6, 6.07) is 4.43. The molecule has 1 aromatic heterocycles. The van der Waals surface area contributed by atoms with Gasteiger partial charge in [-0.2, -0.15) is 0 Å². The fourth-order valence-corrected chi connectivity index (χ4v) is 1.33. The molecule has 2 rings (SSSR count). The largest absolute Gasteiger partial charge is 0.464 e. The molecule has 68 valence electrons. The highest BCUT2D eigenvalue weighted by Crippen LogP contribution is 2.22. The summed E-state index contributed by atoms with van der Waals surface area (Å²) in [6.07, 6.45) is 1.19. The van der Waals surface area contributed by atoms with E-state index in [0.717, 1.165) is 0 Å². The molecule has 0 aliphatic carbocycles. The zero-order valence-corrected chi connectivity index (χ0v) is 7.29. The Kier molecular flexibility index (Phi) is 2.12. The highest BCUT2D eigenvalue weighted by molar-refractivity contribution is 6.24. The monoisotopic (exact) mass is 188 g/mol. The van der Waals surface area contributed by atoms with Crippen LogP contribution in [0.15, 0.2) is 28.9 Å². The number of carbonyl (C=O) groups is 1. The zero-order chi connectivity index (χ0) is 10.1. The van der Waals surface area contributed by atoms with E-state index in [2.05, 4.69) is 0 Å². The van der Waals surface area contributed by atoms with E-state index in [-0.39, 0.29) is 11.9 Å². The number of rotatable bonds is 2. The molecule has 0 saturated heterocycles. The molecule has 0 saturated carbocycles.